The molecule has 0 aliphatic rings. The summed E-state index contributed by atoms with van der Waals surface area (Å²) in [6.07, 6.45) is 1.43. The normalized spacial score (nSPS) is 9.35. The highest BCUT2D eigenvalue weighted by atomic mass is 16.5. The number of ether oxygens (including phenoxy) is 1. The van der Waals surface area contributed by atoms with Gasteiger partial charge in [-0.3, -0.25) is 0 Å². The van der Waals surface area contributed by atoms with Crippen LogP contribution < -0.4 is 15.8 Å². The van der Waals surface area contributed by atoms with Crippen LogP contribution in [0.4, 0.5) is 17.2 Å². The van der Waals surface area contributed by atoms with Crippen molar-refractivity contribution in [1.29, 1.82) is 10.5 Å². The van der Waals surface area contributed by atoms with Gasteiger partial charge in [0.05, 0.1) is 35.7 Å². The number of methoxy groups -OCH3 is 1. The molecule has 0 aliphatic carbocycles. The minimum atomic E-state index is 0.357. The van der Waals surface area contributed by atoms with Gasteiger partial charge in [0.15, 0.2) is 5.82 Å². The van der Waals surface area contributed by atoms with E-state index in [2.05, 4.69) is 10.3 Å². The highest BCUT2D eigenvalue weighted by Gasteiger charge is 2.08. The van der Waals surface area contributed by atoms with Crippen molar-refractivity contribution in [1.82, 2.24) is 4.98 Å². The number of pyridine rings is 1. The average molecular weight is 265 g/mol. The summed E-state index contributed by atoms with van der Waals surface area (Å²) in [5, 5.41) is 20.6. The fraction of sp³-hybridized carbons (Fsp3) is 0.0714. The smallest absolute Gasteiger partial charge is 0.153 e. The summed E-state index contributed by atoms with van der Waals surface area (Å²) in [5.74, 6) is 0.932. The Kier molecular flexibility index (Phi) is 3.69. The quantitative estimate of drug-likeness (QED) is 0.880. The topological polar surface area (TPSA) is 108 Å². The van der Waals surface area contributed by atoms with Crippen molar-refractivity contribution in [2.75, 3.05) is 18.2 Å². The van der Waals surface area contributed by atoms with Crippen molar-refractivity contribution in [2.45, 2.75) is 0 Å². The lowest BCUT2D eigenvalue weighted by molar-refractivity contribution is 0.416. The minimum absolute atomic E-state index is 0.357. The molecule has 0 fully saturated rings. The average Bonchev–Trinajstić information content (AvgIpc) is 2.49. The van der Waals surface area contributed by atoms with E-state index < -0.39 is 0 Å². The van der Waals surface area contributed by atoms with Gasteiger partial charge in [0.2, 0.25) is 0 Å². The Morgan fingerprint density at radius 1 is 1.20 bits per heavy atom. The zero-order chi connectivity index (χ0) is 14.5. The molecule has 0 bridgehead atoms. The first-order valence-electron chi connectivity index (χ1n) is 5.68. The number of rotatable bonds is 3. The van der Waals surface area contributed by atoms with Crippen molar-refractivity contribution in [3.05, 3.63) is 41.6 Å². The van der Waals surface area contributed by atoms with Gasteiger partial charge >= 0.3 is 0 Å². The van der Waals surface area contributed by atoms with Crippen LogP contribution in [-0.2, 0) is 0 Å². The second-order valence-corrected chi connectivity index (χ2v) is 3.93. The fourth-order valence-corrected chi connectivity index (χ4v) is 1.64. The van der Waals surface area contributed by atoms with E-state index in [9.17, 15) is 0 Å². The maximum absolute atomic E-state index is 8.85. The van der Waals surface area contributed by atoms with Crippen LogP contribution in [-0.4, -0.2) is 12.1 Å². The molecule has 0 amide bonds. The molecule has 0 radical (unpaired) electrons. The Morgan fingerprint density at radius 2 is 1.95 bits per heavy atom. The molecule has 0 saturated carbocycles. The van der Waals surface area contributed by atoms with Crippen LogP contribution in [0.1, 0.15) is 11.1 Å². The molecule has 0 atom stereocenters. The summed E-state index contributed by atoms with van der Waals surface area (Å²) in [7, 11) is 1.51. The first kappa shape index (κ1) is 13.2. The van der Waals surface area contributed by atoms with E-state index in [1.165, 1.54) is 19.4 Å². The largest absolute Gasteiger partial charge is 0.495 e. The van der Waals surface area contributed by atoms with E-state index in [0.29, 0.717) is 34.1 Å². The van der Waals surface area contributed by atoms with Crippen molar-refractivity contribution < 1.29 is 4.74 Å². The van der Waals surface area contributed by atoms with Crippen molar-refractivity contribution >= 4 is 17.2 Å². The predicted molar refractivity (Wildman–Crippen MR) is 74.4 cm³/mol. The van der Waals surface area contributed by atoms with Gasteiger partial charge in [0.1, 0.15) is 11.8 Å². The van der Waals surface area contributed by atoms with Gasteiger partial charge in [-0.05, 0) is 18.2 Å². The lowest BCUT2D eigenvalue weighted by Crippen LogP contribution is -2.01. The molecule has 2 rings (SSSR count). The number of nitrogens with one attached hydrogen (secondary N) is 1. The number of nitrogens with two attached hydrogens (primary N) is 1. The maximum Gasteiger partial charge on any atom is 0.153 e. The van der Waals surface area contributed by atoms with Crippen LogP contribution in [0.15, 0.2) is 30.5 Å². The van der Waals surface area contributed by atoms with Gasteiger partial charge in [-0.25, -0.2) is 4.98 Å². The lowest BCUT2D eigenvalue weighted by atomic mass is 10.2. The van der Waals surface area contributed by atoms with E-state index in [4.69, 9.17) is 21.0 Å². The standard InChI is InChI=1S/C14H11N5O/c1-20-13-5-9(6-15)2-3-12(13)19-14-11(17)4-10(7-16)8-18-14/h2-5,8H,17H2,1H3,(H,18,19). The second kappa shape index (κ2) is 5.59. The van der Waals surface area contributed by atoms with Gasteiger partial charge in [-0.2, -0.15) is 10.5 Å². The monoisotopic (exact) mass is 265 g/mol. The summed E-state index contributed by atoms with van der Waals surface area (Å²) < 4.78 is 5.21. The zero-order valence-corrected chi connectivity index (χ0v) is 10.7. The molecular weight excluding hydrogens is 254 g/mol. The van der Waals surface area contributed by atoms with Crippen LogP contribution in [0.2, 0.25) is 0 Å². The Balaban J connectivity index is 2.35. The third-order valence-electron chi connectivity index (χ3n) is 2.63. The zero-order valence-electron chi connectivity index (χ0n) is 10.7. The third-order valence-corrected chi connectivity index (χ3v) is 2.63. The summed E-state index contributed by atoms with van der Waals surface area (Å²) in [5.41, 5.74) is 7.70. The molecule has 1 aromatic heterocycles. The van der Waals surface area contributed by atoms with Gasteiger partial charge < -0.3 is 15.8 Å². The third kappa shape index (κ3) is 2.60. The molecule has 6 nitrogen and oxygen atoms in total. The van der Waals surface area contributed by atoms with Gasteiger partial charge in [0.25, 0.3) is 0 Å². The van der Waals surface area contributed by atoms with E-state index in [0.717, 1.165) is 0 Å². The summed E-state index contributed by atoms with van der Waals surface area (Å²) in [6, 6.07) is 10.5. The van der Waals surface area contributed by atoms with E-state index in [1.54, 1.807) is 18.2 Å². The second-order valence-electron chi connectivity index (χ2n) is 3.93. The minimum Gasteiger partial charge on any atom is -0.495 e. The predicted octanol–water partition coefficient (Wildman–Crippen LogP) is 2.16. The molecule has 20 heavy (non-hydrogen) atoms. The van der Waals surface area contributed by atoms with Crippen molar-refractivity contribution in [3.8, 4) is 17.9 Å². The summed E-state index contributed by atoms with van der Waals surface area (Å²) in [4.78, 5) is 4.08. The highest BCUT2D eigenvalue weighted by Crippen LogP contribution is 2.29. The Morgan fingerprint density at radius 3 is 2.55 bits per heavy atom. The van der Waals surface area contributed by atoms with E-state index >= 15 is 0 Å². The number of nitrogens with zero attached hydrogens (tertiary/aromatic N) is 3. The maximum atomic E-state index is 8.85. The number of aromatic nitrogens is 1. The van der Waals surface area contributed by atoms with Crippen molar-refractivity contribution in [3.63, 3.8) is 0 Å². The molecule has 0 unspecified atom stereocenters. The molecule has 1 aromatic carbocycles. The fourth-order valence-electron chi connectivity index (χ4n) is 1.64. The number of hydrogen-bond donors (Lipinski definition) is 2. The first-order chi connectivity index (χ1) is 9.67. The van der Waals surface area contributed by atoms with Gasteiger partial charge in [-0.15, -0.1) is 0 Å². The number of hydrogen-bond acceptors (Lipinski definition) is 6. The number of anilines is 3. The molecule has 0 aliphatic heterocycles. The van der Waals surface area contributed by atoms with Crippen LogP contribution in [0.25, 0.3) is 0 Å². The van der Waals surface area contributed by atoms with Crippen LogP contribution >= 0.6 is 0 Å². The van der Waals surface area contributed by atoms with Crippen LogP contribution in [0, 0.1) is 22.7 Å². The SMILES string of the molecule is COc1cc(C#N)ccc1Nc1ncc(C#N)cc1N. The first-order valence-corrected chi connectivity index (χ1v) is 5.68. The molecular formula is C14H11N5O. The summed E-state index contributed by atoms with van der Waals surface area (Å²) in [6.45, 7) is 0. The molecule has 0 spiro atoms. The molecule has 2 aromatic rings. The number of nitriles is 2. The Hall–Kier alpha value is -3.25. The van der Waals surface area contributed by atoms with Gasteiger partial charge in [0, 0.05) is 12.3 Å². The Labute approximate surface area is 116 Å². The summed E-state index contributed by atoms with van der Waals surface area (Å²) >= 11 is 0. The molecule has 98 valence electrons. The molecule has 3 N–H and O–H groups in total. The van der Waals surface area contributed by atoms with E-state index in [1.807, 2.05) is 12.1 Å². The van der Waals surface area contributed by atoms with Gasteiger partial charge in [-0.1, -0.05) is 0 Å². The highest BCUT2D eigenvalue weighted by molar-refractivity contribution is 5.73. The van der Waals surface area contributed by atoms with Crippen LogP contribution in [0.5, 0.6) is 5.75 Å². The number of nitrogen functional groups attached to an aromatic ring is 1. The number of benzene rings is 1. The van der Waals surface area contributed by atoms with Crippen LogP contribution in [0.3, 0.4) is 0 Å². The lowest BCUT2D eigenvalue weighted by Gasteiger charge is -2.12. The molecule has 6 heteroatoms. The van der Waals surface area contributed by atoms with E-state index in [-0.39, 0.29) is 0 Å². The Bertz CT molecular complexity index is 727. The molecule has 1 heterocycles. The van der Waals surface area contributed by atoms with Crippen molar-refractivity contribution in [2.24, 2.45) is 0 Å². The molecule has 0 saturated heterocycles.